The molecule has 3 atom stereocenters. The molecule has 0 aliphatic carbocycles. The van der Waals surface area contributed by atoms with Crippen LogP contribution in [0.4, 0.5) is 13.6 Å². The van der Waals surface area contributed by atoms with Crippen molar-refractivity contribution in [2.75, 3.05) is 13.2 Å². The lowest BCUT2D eigenvalue weighted by Crippen LogP contribution is -2.49. The summed E-state index contributed by atoms with van der Waals surface area (Å²) in [5.41, 5.74) is -0.558. The Kier molecular flexibility index (Phi) is 12.9. The SMILES string of the molecule is C[C@H]1CO[C@@H]2Cn3cc(C(=O)NCc4ccc(F)cc4F)c(=O)c(OC(CCCOP(=O)(OCc4ccccc4)OCc4ccccc4)OC(=O)O)c3C(=O)N12. The molecule has 3 heterocycles. The minimum atomic E-state index is -4.20. The van der Waals surface area contributed by atoms with E-state index in [2.05, 4.69) is 5.32 Å². The van der Waals surface area contributed by atoms with E-state index in [1.165, 1.54) is 9.47 Å². The third kappa shape index (κ3) is 9.85. The molecule has 0 radical (unpaired) electrons. The van der Waals surface area contributed by atoms with Crippen molar-refractivity contribution in [3.63, 3.8) is 0 Å². The van der Waals surface area contributed by atoms with E-state index in [0.29, 0.717) is 17.2 Å². The Morgan fingerprint density at radius 1 is 0.982 bits per heavy atom. The summed E-state index contributed by atoms with van der Waals surface area (Å²) in [6.07, 6.45) is -3.49. The fraction of sp³-hybridized carbons (Fsp3) is 0.316. The van der Waals surface area contributed by atoms with Crippen LogP contribution in [0.25, 0.3) is 0 Å². The number of rotatable bonds is 17. The molecule has 0 bridgehead atoms. The highest BCUT2D eigenvalue weighted by atomic mass is 31.2. The van der Waals surface area contributed by atoms with Gasteiger partial charge in [0.2, 0.25) is 17.5 Å². The number of carboxylic acid groups (broad SMARTS) is 1. The Hall–Kier alpha value is -5.45. The zero-order valence-corrected chi connectivity index (χ0v) is 30.9. The van der Waals surface area contributed by atoms with E-state index < -0.39 is 73.2 Å². The average molecular weight is 798 g/mol. The van der Waals surface area contributed by atoms with E-state index >= 15 is 0 Å². The van der Waals surface area contributed by atoms with Gasteiger partial charge in [-0.1, -0.05) is 66.7 Å². The van der Waals surface area contributed by atoms with Gasteiger partial charge in [-0.3, -0.25) is 28.0 Å². The summed E-state index contributed by atoms with van der Waals surface area (Å²) >= 11 is 0. The number of phosphoric ester groups is 1. The number of phosphoric acid groups is 1. The van der Waals surface area contributed by atoms with Crippen molar-refractivity contribution in [2.24, 2.45) is 0 Å². The summed E-state index contributed by atoms with van der Waals surface area (Å²) in [7, 11) is -4.20. The monoisotopic (exact) mass is 797 g/mol. The van der Waals surface area contributed by atoms with Crippen LogP contribution in [0.1, 0.15) is 57.3 Å². The molecule has 2 aliphatic rings. The van der Waals surface area contributed by atoms with E-state index in [0.717, 1.165) is 18.3 Å². The first-order valence-electron chi connectivity index (χ1n) is 17.5. The highest BCUT2D eigenvalue weighted by Gasteiger charge is 2.44. The van der Waals surface area contributed by atoms with Crippen LogP contribution < -0.4 is 15.5 Å². The van der Waals surface area contributed by atoms with E-state index in [9.17, 15) is 37.6 Å². The predicted molar refractivity (Wildman–Crippen MR) is 192 cm³/mol. The molecule has 2 N–H and O–H groups in total. The van der Waals surface area contributed by atoms with Crippen LogP contribution in [0.3, 0.4) is 0 Å². The summed E-state index contributed by atoms with van der Waals surface area (Å²) < 4.78 is 76.1. The Morgan fingerprint density at radius 2 is 1.64 bits per heavy atom. The first kappa shape index (κ1) is 40.2. The summed E-state index contributed by atoms with van der Waals surface area (Å²) in [5, 5.41) is 12.0. The van der Waals surface area contributed by atoms with Gasteiger partial charge >= 0.3 is 14.0 Å². The van der Waals surface area contributed by atoms with Gasteiger partial charge < -0.3 is 34.1 Å². The molecule has 1 saturated heterocycles. The van der Waals surface area contributed by atoms with Crippen LogP contribution in [0.15, 0.2) is 89.9 Å². The number of aromatic nitrogens is 1. The third-order valence-corrected chi connectivity index (χ3v) is 10.2. The molecule has 1 unspecified atom stereocenters. The lowest BCUT2D eigenvalue weighted by Gasteiger charge is -2.34. The minimum Gasteiger partial charge on any atom is -0.450 e. The number of hydrogen-bond acceptors (Lipinski definition) is 11. The highest BCUT2D eigenvalue weighted by Crippen LogP contribution is 2.51. The van der Waals surface area contributed by atoms with Gasteiger partial charge in [0.25, 0.3) is 11.8 Å². The summed E-state index contributed by atoms with van der Waals surface area (Å²) in [6, 6.07) is 20.2. The second-order valence-electron chi connectivity index (χ2n) is 12.8. The second kappa shape index (κ2) is 18.0. The van der Waals surface area contributed by atoms with Gasteiger partial charge in [-0.2, -0.15) is 0 Å². The summed E-state index contributed by atoms with van der Waals surface area (Å²) in [5.74, 6) is -4.08. The van der Waals surface area contributed by atoms with Crippen molar-refractivity contribution in [1.82, 2.24) is 14.8 Å². The van der Waals surface area contributed by atoms with E-state index in [1.54, 1.807) is 55.5 Å². The highest BCUT2D eigenvalue weighted by molar-refractivity contribution is 7.48. The number of hydrogen-bond donors (Lipinski definition) is 2. The molecule has 2 aliphatic heterocycles. The lowest BCUT2D eigenvalue weighted by atomic mass is 10.1. The van der Waals surface area contributed by atoms with Gasteiger partial charge in [-0.05, 0) is 30.5 Å². The maximum absolute atomic E-state index is 14.3. The maximum Gasteiger partial charge on any atom is 0.508 e. The quantitative estimate of drug-likeness (QED) is 0.0552. The van der Waals surface area contributed by atoms with Gasteiger partial charge in [0.05, 0.1) is 39.0 Å². The minimum absolute atomic E-state index is 0.0194. The van der Waals surface area contributed by atoms with Gasteiger partial charge in [0, 0.05) is 30.8 Å². The topological polar surface area (TPSA) is 181 Å². The Morgan fingerprint density at radius 3 is 2.27 bits per heavy atom. The van der Waals surface area contributed by atoms with E-state index in [4.69, 9.17) is 27.8 Å². The fourth-order valence-electron chi connectivity index (χ4n) is 6.05. The van der Waals surface area contributed by atoms with Gasteiger partial charge in [0.15, 0.2) is 11.9 Å². The lowest BCUT2D eigenvalue weighted by molar-refractivity contribution is -0.0618. The molecule has 3 aromatic carbocycles. The number of nitrogens with zero attached hydrogens (tertiary/aromatic N) is 2. The zero-order valence-electron chi connectivity index (χ0n) is 30.0. The Balaban J connectivity index is 1.21. The number of ether oxygens (including phenoxy) is 3. The number of carbonyl (C=O) groups is 3. The van der Waals surface area contributed by atoms with Gasteiger partial charge in [-0.15, -0.1) is 0 Å². The second-order valence-corrected chi connectivity index (χ2v) is 14.5. The molecule has 2 amide bonds. The van der Waals surface area contributed by atoms with Crippen LogP contribution in [0.5, 0.6) is 5.75 Å². The first-order valence-corrected chi connectivity index (χ1v) is 19.0. The Bertz CT molecular complexity index is 2110. The molecule has 0 spiro atoms. The molecular weight excluding hydrogens is 759 g/mol. The fourth-order valence-corrected chi connectivity index (χ4v) is 7.24. The van der Waals surface area contributed by atoms with Crippen molar-refractivity contribution in [3.05, 3.63) is 135 Å². The number of nitrogens with one attached hydrogen (secondary N) is 1. The number of pyridine rings is 1. The van der Waals surface area contributed by atoms with Crippen molar-refractivity contribution in [3.8, 4) is 5.75 Å². The normalized spacial score (nSPS) is 16.8. The molecule has 1 fully saturated rings. The molecule has 18 heteroatoms. The molecule has 296 valence electrons. The molecule has 1 aromatic heterocycles. The van der Waals surface area contributed by atoms with E-state index in [-0.39, 0.29) is 63.1 Å². The zero-order chi connectivity index (χ0) is 39.8. The van der Waals surface area contributed by atoms with Crippen LogP contribution >= 0.6 is 7.82 Å². The number of amides is 2. The van der Waals surface area contributed by atoms with Crippen molar-refractivity contribution in [2.45, 2.75) is 64.6 Å². The van der Waals surface area contributed by atoms with Crippen molar-refractivity contribution < 1.29 is 60.6 Å². The maximum atomic E-state index is 14.3. The number of benzene rings is 3. The van der Waals surface area contributed by atoms with Gasteiger partial charge in [0.1, 0.15) is 17.2 Å². The molecule has 56 heavy (non-hydrogen) atoms. The number of fused-ring (bicyclic) bond motifs is 2. The molecule has 6 rings (SSSR count). The number of halogens is 2. The average Bonchev–Trinajstić information content (AvgIpc) is 3.56. The molecule has 0 saturated carbocycles. The number of carbonyl (C=O) groups excluding carboxylic acids is 2. The van der Waals surface area contributed by atoms with Crippen LogP contribution in [0.2, 0.25) is 0 Å². The predicted octanol–water partition coefficient (Wildman–Crippen LogP) is 6.00. The standard InChI is InChI=1S/C38H38F2N3O12P/c1-24-21-50-31-20-42-19-29(36(45)41-18-27-14-15-28(39)17-30(27)40)34(44)35(33(42)37(46)43(24)31)54-32(55-38(47)48)13-8-16-51-56(49,52-22-25-9-4-2-5-10-25)53-23-26-11-6-3-7-12-26/h2-7,9-12,14-15,17,19,24,31-32H,8,13,16,18,20-23H2,1H3,(H,41,45)(H,47,48)/t24-,31+,32?/m0/s1. The molecule has 15 nitrogen and oxygen atoms in total. The smallest absolute Gasteiger partial charge is 0.450 e. The van der Waals surface area contributed by atoms with Crippen molar-refractivity contribution >= 4 is 25.8 Å². The molecule has 4 aromatic rings. The van der Waals surface area contributed by atoms with Gasteiger partial charge in [-0.25, -0.2) is 18.1 Å². The van der Waals surface area contributed by atoms with Crippen molar-refractivity contribution in [1.29, 1.82) is 0 Å². The van der Waals surface area contributed by atoms with Crippen LogP contribution in [-0.4, -0.2) is 64.3 Å². The largest absolute Gasteiger partial charge is 0.508 e. The van der Waals surface area contributed by atoms with E-state index in [1.807, 2.05) is 12.1 Å². The summed E-state index contributed by atoms with van der Waals surface area (Å²) in [4.78, 5) is 54.4. The molecular formula is C38H38F2N3O12P. The first-order chi connectivity index (χ1) is 26.9. The summed E-state index contributed by atoms with van der Waals surface area (Å²) in [6.45, 7) is 0.978. The third-order valence-electron chi connectivity index (χ3n) is 8.82. The van der Waals surface area contributed by atoms with Crippen LogP contribution in [-0.2, 0) is 53.9 Å². The van der Waals surface area contributed by atoms with Crippen LogP contribution in [0, 0.1) is 11.6 Å². The Labute approximate surface area is 319 Å².